The van der Waals surface area contributed by atoms with Gasteiger partial charge in [0.1, 0.15) is 18.1 Å². The Kier molecular flexibility index (Phi) is 12.9. The molecular formula is C20H39N5O5. The fourth-order valence-electron chi connectivity index (χ4n) is 2.78. The number of rotatable bonds is 14. The average Bonchev–Trinajstić information content (AvgIpc) is 2.67. The van der Waals surface area contributed by atoms with Crippen LogP contribution in [0, 0.1) is 11.8 Å². The zero-order valence-electron chi connectivity index (χ0n) is 18.7. The maximum atomic E-state index is 12.8. The molecule has 0 aromatic rings. The molecule has 0 radical (unpaired) electrons. The second kappa shape index (κ2) is 13.9. The van der Waals surface area contributed by atoms with Gasteiger partial charge < -0.3 is 32.5 Å². The van der Waals surface area contributed by atoms with Crippen LogP contribution in [0.5, 0.6) is 0 Å². The second-order valence-corrected chi connectivity index (χ2v) is 8.07. The first kappa shape index (κ1) is 27.8. The molecule has 0 bridgehead atoms. The van der Waals surface area contributed by atoms with Gasteiger partial charge in [-0.05, 0) is 44.6 Å². The molecule has 5 unspecified atom stereocenters. The van der Waals surface area contributed by atoms with Crippen LogP contribution in [0.15, 0.2) is 0 Å². The molecule has 0 spiro atoms. The Morgan fingerprint density at radius 1 is 0.867 bits per heavy atom. The molecule has 0 aliphatic carbocycles. The second-order valence-electron chi connectivity index (χ2n) is 8.07. The van der Waals surface area contributed by atoms with Crippen LogP contribution < -0.4 is 27.4 Å². The van der Waals surface area contributed by atoms with Gasteiger partial charge in [-0.1, -0.05) is 34.1 Å². The zero-order valence-corrected chi connectivity index (χ0v) is 18.7. The summed E-state index contributed by atoms with van der Waals surface area (Å²) in [6.07, 6.45) is 2.10. The molecule has 0 aliphatic heterocycles. The summed E-state index contributed by atoms with van der Waals surface area (Å²) in [6, 6.07) is -3.66. The Balaban J connectivity index is 5.42. The van der Waals surface area contributed by atoms with Gasteiger partial charge in [0.05, 0.1) is 6.04 Å². The Morgan fingerprint density at radius 3 is 1.87 bits per heavy atom. The molecule has 0 aromatic heterocycles. The van der Waals surface area contributed by atoms with Gasteiger partial charge in [-0.3, -0.25) is 14.4 Å². The van der Waals surface area contributed by atoms with Gasteiger partial charge in [0.2, 0.25) is 17.7 Å². The third-order valence-electron chi connectivity index (χ3n) is 5.02. The minimum atomic E-state index is -1.13. The molecule has 3 amide bonds. The summed E-state index contributed by atoms with van der Waals surface area (Å²) < 4.78 is 0. The number of carboxylic acid groups (broad SMARTS) is 1. The first-order valence-corrected chi connectivity index (χ1v) is 10.6. The van der Waals surface area contributed by atoms with Crippen LogP contribution in [-0.2, 0) is 19.2 Å². The quantitative estimate of drug-likeness (QED) is 0.205. The van der Waals surface area contributed by atoms with Crippen molar-refractivity contribution >= 4 is 23.7 Å². The van der Waals surface area contributed by atoms with Crippen LogP contribution in [0.4, 0.5) is 0 Å². The van der Waals surface area contributed by atoms with E-state index in [4.69, 9.17) is 11.5 Å². The van der Waals surface area contributed by atoms with Crippen molar-refractivity contribution < 1.29 is 24.3 Å². The summed E-state index contributed by atoms with van der Waals surface area (Å²) in [6.45, 7) is 9.04. The topological polar surface area (TPSA) is 177 Å². The van der Waals surface area contributed by atoms with Crippen molar-refractivity contribution in [3.63, 3.8) is 0 Å². The molecule has 30 heavy (non-hydrogen) atoms. The summed E-state index contributed by atoms with van der Waals surface area (Å²) in [4.78, 5) is 49.1. The molecule has 0 rings (SSSR count). The Morgan fingerprint density at radius 2 is 1.43 bits per heavy atom. The van der Waals surface area contributed by atoms with Gasteiger partial charge in [0, 0.05) is 0 Å². The average molecular weight is 430 g/mol. The lowest BCUT2D eigenvalue weighted by molar-refractivity contribution is -0.144. The van der Waals surface area contributed by atoms with Gasteiger partial charge in [-0.25, -0.2) is 4.79 Å². The lowest BCUT2D eigenvalue weighted by Gasteiger charge is -2.27. The van der Waals surface area contributed by atoms with Gasteiger partial charge in [-0.2, -0.15) is 0 Å². The van der Waals surface area contributed by atoms with Gasteiger partial charge in [-0.15, -0.1) is 0 Å². The van der Waals surface area contributed by atoms with E-state index < -0.39 is 47.9 Å². The Hall–Kier alpha value is -2.20. The number of carbonyl (C=O) groups is 4. The molecule has 0 fully saturated rings. The molecule has 0 saturated carbocycles. The number of amides is 3. The maximum absolute atomic E-state index is 12.8. The monoisotopic (exact) mass is 429 g/mol. The standard InChI is InChI=1S/C20H39N5O5/c1-6-12(4)16(20(29)30)25-18(27)14(9-7-8-10-21)23-19(28)15(11(2)3)24-17(26)13(5)22/h11-16H,6-10,21-22H2,1-5H3,(H,23,28)(H,24,26)(H,25,27)(H,29,30). The number of nitrogens with one attached hydrogen (secondary N) is 3. The Bertz CT molecular complexity index is 582. The minimum Gasteiger partial charge on any atom is -0.480 e. The van der Waals surface area contributed by atoms with E-state index in [2.05, 4.69) is 16.0 Å². The molecule has 0 heterocycles. The predicted octanol–water partition coefficient (Wildman–Crippen LogP) is -0.296. The maximum Gasteiger partial charge on any atom is 0.326 e. The fraction of sp³-hybridized carbons (Fsp3) is 0.800. The van der Waals surface area contributed by atoms with Crippen molar-refractivity contribution in [2.45, 2.75) is 84.5 Å². The lowest BCUT2D eigenvalue weighted by atomic mass is 9.98. The number of unbranched alkanes of at least 4 members (excludes halogenated alkanes) is 1. The van der Waals surface area contributed by atoms with Gasteiger partial charge in [0.25, 0.3) is 0 Å². The molecule has 0 saturated heterocycles. The van der Waals surface area contributed by atoms with Crippen LogP contribution in [0.2, 0.25) is 0 Å². The SMILES string of the molecule is CCC(C)C(NC(=O)C(CCCCN)NC(=O)C(NC(=O)C(C)N)C(C)C)C(=O)O. The number of hydrogen-bond acceptors (Lipinski definition) is 6. The normalized spacial score (nSPS) is 16.1. The van der Waals surface area contributed by atoms with Crippen molar-refractivity contribution in [3.8, 4) is 0 Å². The number of aliphatic carboxylic acids is 1. The number of nitrogens with two attached hydrogens (primary N) is 2. The highest BCUT2D eigenvalue weighted by molar-refractivity contribution is 5.94. The highest BCUT2D eigenvalue weighted by atomic mass is 16.4. The van der Waals surface area contributed by atoms with E-state index in [1.165, 1.54) is 6.92 Å². The van der Waals surface area contributed by atoms with Crippen LogP contribution in [-0.4, -0.2) is 59.5 Å². The minimum absolute atomic E-state index is 0.243. The first-order chi connectivity index (χ1) is 14.0. The van der Waals surface area contributed by atoms with Crippen LogP contribution >= 0.6 is 0 Å². The van der Waals surface area contributed by atoms with Gasteiger partial charge >= 0.3 is 5.97 Å². The molecule has 174 valence electrons. The largest absolute Gasteiger partial charge is 0.480 e. The van der Waals surface area contributed by atoms with E-state index in [1.54, 1.807) is 20.8 Å². The highest BCUT2D eigenvalue weighted by Gasteiger charge is 2.32. The van der Waals surface area contributed by atoms with E-state index in [0.29, 0.717) is 32.2 Å². The van der Waals surface area contributed by atoms with E-state index in [9.17, 15) is 24.3 Å². The van der Waals surface area contributed by atoms with Crippen LogP contribution in [0.25, 0.3) is 0 Å². The fourth-order valence-corrected chi connectivity index (χ4v) is 2.78. The lowest BCUT2D eigenvalue weighted by Crippen LogP contribution is -2.58. The van der Waals surface area contributed by atoms with Crippen LogP contribution in [0.1, 0.15) is 60.3 Å². The van der Waals surface area contributed by atoms with E-state index in [1.807, 2.05) is 6.92 Å². The molecule has 0 aliphatic rings. The molecule has 10 heteroatoms. The number of carbonyl (C=O) groups excluding carboxylic acids is 3. The third-order valence-corrected chi connectivity index (χ3v) is 5.02. The summed E-state index contributed by atoms with van der Waals surface area (Å²) in [5, 5.41) is 17.2. The molecule has 10 nitrogen and oxygen atoms in total. The van der Waals surface area contributed by atoms with Crippen molar-refractivity contribution in [2.24, 2.45) is 23.3 Å². The first-order valence-electron chi connectivity index (χ1n) is 10.6. The van der Waals surface area contributed by atoms with E-state index in [0.717, 1.165) is 0 Å². The van der Waals surface area contributed by atoms with Crippen molar-refractivity contribution in [3.05, 3.63) is 0 Å². The molecule has 5 atom stereocenters. The van der Waals surface area contributed by atoms with E-state index in [-0.39, 0.29) is 11.8 Å². The summed E-state index contributed by atoms with van der Waals surface area (Å²) in [5.74, 6) is -3.23. The molecule has 8 N–H and O–H groups in total. The van der Waals surface area contributed by atoms with Crippen molar-refractivity contribution in [1.29, 1.82) is 0 Å². The highest BCUT2D eigenvalue weighted by Crippen LogP contribution is 2.10. The Labute approximate surface area is 178 Å². The summed E-state index contributed by atoms with van der Waals surface area (Å²) in [7, 11) is 0. The molecular weight excluding hydrogens is 390 g/mol. The van der Waals surface area contributed by atoms with Crippen molar-refractivity contribution in [1.82, 2.24) is 16.0 Å². The van der Waals surface area contributed by atoms with Gasteiger partial charge in [0.15, 0.2) is 0 Å². The number of carboxylic acids is 1. The molecule has 0 aromatic carbocycles. The predicted molar refractivity (Wildman–Crippen MR) is 114 cm³/mol. The van der Waals surface area contributed by atoms with E-state index >= 15 is 0 Å². The number of hydrogen-bond donors (Lipinski definition) is 6. The third kappa shape index (κ3) is 9.53. The smallest absolute Gasteiger partial charge is 0.326 e. The summed E-state index contributed by atoms with van der Waals surface area (Å²) in [5.41, 5.74) is 11.1. The summed E-state index contributed by atoms with van der Waals surface area (Å²) >= 11 is 0. The zero-order chi connectivity index (χ0) is 23.4. The van der Waals surface area contributed by atoms with Crippen molar-refractivity contribution in [2.75, 3.05) is 6.54 Å². The van der Waals surface area contributed by atoms with Crippen LogP contribution in [0.3, 0.4) is 0 Å².